The summed E-state index contributed by atoms with van der Waals surface area (Å²) in [4.78, 5) is 11.0. The summed E-state index contributed by atoms with van der Waals surface area (Å²) in [5.41, 5.74) is 0.888. The van der Waals surface area contributed by atoms with Gasteiger partial charge in [0, 0.05) is 11.9 Å². The Morgan fingerprint density at radius 3 is 3.05 bits per heavy atom. The van der Waals surface area contributed by atoms with Crippen molar-refractivity contribution in [3.8, 4) is 0 Å². The number of para-hydroxylation sites is 1. The van der Waals surface area contributed by atoms with Gasteiger partial charge in [0.15, 0.2) is 0 Å². The Morgan fingerprint density at radius 1 is 1.37 bits per heavy atom. The summed E-state index contributed by atoms with van der Waals surface area (Å²) in [6.45, 7) is 4.48. The first-order chi connectivity index (χ1) is 9.29. The van der Waals surface area contributed by atoms with Gasteiger partial charge in [0.2, 0.25) is 5.28 Å². The number of morpholine rings is 1. The fourth-order valence-corrected chi connectivity index (χ4v) is 2.69. The Balaban J connectivity index is 2.12. The molecule has 0 N–H and O–H groups in total. The topological polar surface area (TPSA) is 38.2 Å². The minimum Gasteiger partial charge on any atom is -0.377 e. The van der Waals surface area contributed by atoms with Crippen molar-refractivity contribution in [3.05, 3.63) is 29.5 Å². The molecule has 0 amide bonds. The number of nitrogens with zero attached hydrogens (tertiary/aromatic N) is 3. The zero-order chi connectivity index (χ0) is 13.2. The second-order valence-corrected chi connectivity index (χ2v) is 5.00. The second kappa shape index (κ2) is 5.31. The zero-order valence-corrected chi connectivity index (χ0v) is 11.6. The molecule has 19 heavy (non-hydrogen) atoms. The van der Waals surface area contributed by atoms with Crippen molar-refractivity contribution in [1.29, 1.82) is 0 Å². The van der Waals surface area contributed by atoms with Crippen molar-refractivity contribution in [1.82, 2.24) is 9.97 Å². The summed E-state index contributed by atoms with van der Waals surface area (Å²) in [5.74, 6) is 0.922. The first-order valence-electron chi connectivity index (χ1n) is 6.56. The van der Waals surface area contributed by atoms with Gasteiger partial charge in [0.05, 0.1) is 24.8 Å². The average molecular weight is 278 g/mol. The highest BCUT2D eigenvalue weighted by molar-refractivity contribution is 6.28. The minimum absolute atomic E-state index is 0.301. The SMILES string of the molecule is CCC1COCCN1c1nc(Cl)nc2ccccc12. The van der Waals surface area contributed by atoms with Crippen LogP contribution in [0.2, 0.25) is 5.28 Å². The van der Waals surface area contributed by atoms with Gasteiger partial charge in [0.25, 0.3) is 0 Å². The number of benzene rings is 1. The van der Waals surface area contributed by atoms with E-state index in [1.807, 2.05) is 24.3 Å². The molecule has 0 bridgehead atoms. The molecule has 3 rings (SSSR count). The maximum absolute atomic E-state index is 6.05. The highest BCUT2D eigenvalue weighted by Crippen LogP contribution is 2.28. The van der Waals surface area contributed by atoms with Crippen molar-refractivity contribution in [2.24, 2.45) is 0 Å². The van der Waals surface area contributed by atoms with Crippen LogP contribution in [0.25, 0.3) is 10.9 Å². The van der Waals surface area contributed by atoms with Gasteiger partial charge in [-0.3, -0.25) is 0 Å². The van der Waals surface area contributed by atoms with Crippen LogP contribution >= 0.6 is 11.6 Å². The molecule has 1 aromatic heterocycles. The lowest BCUT2D eigenvalue weighted by atomic mass is 10.1. The van der Waals surface area contributed by atoms with Crippen molar-refractivity contribution < 1.29 is 4.74 Å². The third-order valence-electron chi connectivity index (χ3n) is 3.53. The van der Waals surface area contributed by atoms with E-state index in [2.05, 4.69) is 21.8 Å². The van der Waals surface area contributed by atoms with E-state index in [4.69, 9.17) is 16.3 Å². The first-order valence-corrected chi connectivity index (χ1v) is 6.94. The van der Waals surface area contributed by atoms with Gasteiger partial charge in [0.1, 0.15) is 5.82 Å². The van der Waals surface area contributed by atoms with E-state index < -0.39 is 0 Å². The third kappa shape index (κ3) is 2.38. The molecule has 1 unspecified atom stereocenters. The largest absolute Gasteiger partial charge is 0.377 e. The van der Waals surface area contributed by atoms with Crippen LogP contribution < -0.4 is 4.90 Å². The molecule has 0 spiro atoms. The van der Waals surface area contributed by atoms with E-state index in [0.717, 1.165) is 42.9 Å². The lowest BCUT2D eigenvalue weighted by molar-refractivity contribution is 0.0927. The smallest absolute Gasteiger partial charge is 0.224 e. The van der Waals surface area contributed by atoms with Gasteiger partial charge >= 0.3 is 0 Å². The average Bonchev–Trinajstić information content (AvgIpc) is 2.46. The molecule has 0 aliphatic carbocycles. The molecule has 1 aliphatic heterocycles. The van der Waals surface area contributed by atoms with Crippen LogP contribution in [-0.2, 0) is 4.74 Å². The van der Waals surface area contributed by atoms with E-state index in [0.29, 0.717) is 11.3 Å². The predicted molar refractivity (Wildman–Crippen MR) is 76.8 cm³/mol. The number of anilines is 1. The Kier molecular flexibility index (Phi) is 3.53. The van der Waals surface area contributed by atoms with Crippen molar-refractivity contribution in [2.75, 3.05) is 24.7 Å². The normalized spacial score (nSPS) is 19.9. The summed E-state index contributed by atoms with van der Waals surface area (Å²) in [7, 11) is 0. The molecule has 1 atom stereocenters. The molecule has 0 saturated carbocycles. The summed E-state index contributed by atoms with van der Waals surface area (Å²) in [6, 6.07) is 8.33. The lowest BCUT2D eigenvalue weighted by Gasteiger charge is -2.36. The first kappa shape index (κ1) is 12.6. The van der Waals surface area contributed by atoms with Gasteiger partial charge in [-0.05, 0) is 30.2 Å². The number of ether oxygens (including phenoxy) is 1. The third-order valence-corrected chi connectivity index (χ3v) is 3.70. The molecule has 1 saturated heterocycles. The van der Waals surface area contributed by atoms with Gasteiger partial charge in [-0.2, -0.15) is 4.98 Å². The monoisotopic (exact) mass is 277 g/mol. The Hall–Kier alpha value is -1.39. The molecule has 0 radical (unpaired) electrons. The van der Waals surface area contributed by atoms with Crippen molar-refractivity contribution >= 4 is 28.3 Å². The molecular weight excluding hydrogens is 262 g/mol. The van der Waals surface area contributed by atoms with Crippen LogP contribution in [0.5, 0.6) is 0 Å². The van der Waals surface area contributed by atoms with E-state index >= 15 is 0 Å². The van der Waals surface area contributed by atoms with Crippen molar-refractivity contribution in [3.63, 3.8) is 0 Å². The fourth-order valence-electron chi connectivity index (χ4n) is 2.52. The van der Waals surface area contributed by atoms with Crippen LogP contribution in [0.1, 0.15) is 13.3 Å². The second-order valence-electron chi connectivity index (χ2n) is 4.66. The van der Waals surface area contributed by atoms with E-state index in [9.17, 15) is 0 Å². The summed E-state index contributed by atoms with van der Waals surface area (Å²) in [5, 5.41) is 1.35. The number of hydrogen-bond acceptors (Lipinski definition) is 4. The molecule has 100 valence electrons. The number of halogens is 1. The summed E-state index contributed by atoms with van der Waals surface area (Å²) >= 11 is 6.05. The van der Waals surface area contributed by atoms with Gasteiger partial charge < -0.3 is 9.64 Å². The maximum Gasteiger partial charge on any atom is 0.224 e. The molecule has 1 aliphatic rings. The minimum atomic E-state index is 0.301. The Bertz CT molecular complexity index is 590. The molecule has 1 aromatic carbocycles. The van der Waals surface area contributed by atoms with E-state index in [-0.39, 0.29) is 0 Å². The molecule has 5 heteroatoms. The van der Waals surface area contributed by atoms with Gasteiger partial charge in [-0.25, -0.2) is 4.98 Å². The molecule has 4 nitrogen and oxygen atoms in total. The van der Waals surface area contributed by atoms with Gasteiger partial charge in [-0.15, -0.1) is 0 Å². The Labute approximate surface area is 117 Å². The van der Waals surface area contributed by atoms with Crippen molar-refractivity contribution in [2.45, 2.75) is 19.4 Å². The summed E-state index contributed by atoms with van der Waals surface area (Å²) < 4.78 is 5.55. The van der Waals surface area contributed by atoms with E-state index in [1.54, 1.807) is 0 Å². The highest BCUT2D eigenvalue weighted by atomic mass is 35.5. The molecular formula is C14H16ClN3O. The maximum atomic E-state index is 6.05. The highest BCUT2D eigenvalue weighted by Gasteiger charge is 2.24. The lowest BCUT2D eigenvalue weighted by Crippen LogP contribution is -2.45. The Morgan fingerprint density at radius 2 is 2.21 bits per heavy atom. The molecule has 1 fully saturated rings. The number of fused-ring (bicyclic) bond motifs is 1. The fraction of sp³-hybridized carbons (Fsp3) is 0.429. The predicted octanol–water partition coefficient (Wildman–Crippen LogP) is 2.90. The van der Waals surface area contributed by atoms with Gasteiger partial charge in [-0.1, -0.05) is 19.1 Å². The summed E-state index contributed by atoms with van der Waals surface area (Å²) in [6.07, 6.45) is 1.02. The standard InChI is InChI=1S/C14H16ClN3O/c1-2-10-9-19-8-7-18(10)13-11-5-3-4-6-12(11)16-14(15)17-13/h3-6,10H,2,7-9H2,1H3. The number of aromatic nitrogens is 2. The van der Waals surface area contributed by atoms with Crippen LogP contribution in [0.15, 0.2) is 24.3 Å². The van der Waals surface area contributed by atoms with Crippen LogP contribution in [0.4, 0.5) is 5.82 Å². The van der Waals surface area contributed by atoms with Crippen LogP contribution in [-0.4, -0.2) is 35.8 Å². The number of rotatable bonds is 2. The molecule has 2 heterocycles. The number of hydrogen-bond donors (Lipinski definition) is 0. The molecule has 2 aromatic rings. The quantitative estimate of drug-likeness (QED) is 0.791. The van der Waals surface area contributed by atoms with E-state index in [1.165, 1.54) is 0 Å². The van der Waals surface area contributed by atoms with Crippen LogP contribution in [0, 0.1) is 0 Å². The zero-order valence-electron chi connectivity index (χ0n) is 10.8. The van der Waals surface area contributed by atoms with Crippen LogP contribution in [0.3, 0.4) is 0 Å².